The standard InChI is InChI=1S/C19H15ClN4O2/c20-15-3-1-2-4-16(15)24-19(26)17-11-14(7-10-22-17)18(25)23-12-13-5-8-21-9-6-13/h1-11H,12H2,(H,23,25)(H,24,26). The molecule has 0 spiro atoms. The van der Waals surface area contributed by atoms with Crippen molar-refractivity contribution in [3.05, 3.63) is 89.0 Å². The second-order valence-electron chi connectivity index (χ2n) is 5.40. The first kappa shape index (κ1) is 17.6. The van der Waals surface area contributed by atoms with E-state index in [9.17, 15) is 9.59 Å². The first-order valence-electron chi connectivity index (χ1n) is 7.82. The van der Waals surface area contributed by atoms with E-state index in [4.69, 9.17) is 11.6 Å². The van der Waals surface area contributed by atoms with Crippen LogP contribution in [0.2, 0.25) is 5.02 Å². The summed E-state index contributed by atoms with van der Waals surface area (Å²) < 4.78 is 0. The molecular formula is C19H15ClN4O2. The van der Waals surface area contributed by atoms with Gasteiger partial charge in [0.1, 0.15) is 5.69 Å². The van der Waals surface area contributed by atoms with Crippen LogP contribution in [0.15, 0.2) is 67.1 Å². The van der Waals surface area contributed by atoms with E-state index in [1.807, 2.05) is 12.1 Å². The van der Waals surface area contributed by atoms with Gasteiger partial charge in [0.25, 0.3) is 11.8 Å². The molecule has 3 rings (SSSR count). The Labute approximate surface area is 155 Å². The Balaban J connectivity index is 1.68. The highest BCUT2D eigenvalue weighted by Crippen LogP contribution is 2.21. The smallest absolute Gasteiger partial charge is 0.274 e. The van der Waals surface area contributed by atoms with Gasteiger partial charge in [-0.25, -0.2) is 0 Å². The average Bonchev–Trinajstić information content (AvgIpc) is 2.69. The van der Waals surface area contributed by atoms with Gasteiger partial charge >= 0.3 is 0 Å². The molecule has 2 heterocycles. The highest BCUT2D eigenvalue weighted by atomic mass is 35.5. The minimum Gasteiger partial charge on any atom is -0.348 e. The first-order valence-corrected chi connectivity index (χ1v) is 8.20. The van der Waals surface area contributed by atoms with Crippen molar-refractivity contribution < 1.29 is 9.59 Å². The van der Waals surface area contributed by atoms with Gasteiger partial charge in [-0.15, -0.1) is 0 Å². The third-order valence-corrected chi connectivity index (χ3v) is 3.91. The van der Waals surface area contributed by atoms with Gasteiger partial charge in [0, 0.05) is 30.7 Å². The van der Waals surface area contributed by atoms with Gasteiger partial charge in [-0.05, 0) is 42.0 Å². The van der Waals surface area contributed by atoms with Crippen molar-refractivity contribution in [1.82, 2.24) is 15.3 Å². The van der Waals surface area contributed by atoms with E-state index in [0.29, 0.717) is 22.8 Å². The average molecular weight is 367 g/mol. The second-order valence-corrected chi connectivity index (χ2v) is 5.81. The van der Waals surface area contributed by atoms with Crippen LogP contribution in [0.25, 0.3) is 0 Å². The first-order chi connectivity index (χ1) is 12.6. The number of hydrogen-bond acceptors (Lipinski definition) is 4. The predicted molar refractivity (Wildman–Crippen MR) is 99.0 cm³/mol. The van der Waals surface area contributed by atoms with E-state index in [2.05, 4.69) is 20.6 Å². The summed E-state index contributed by atoms with van der Waals surface area (Å²) in [7, 11) is 0. The number of rotatable bonds is 5. The molecule has 0 aliphatic carbocycles. The number of amides is 2. The fourth-order valence-electron chi connectivity index (χ4n) is 2.23. The van der Waals surface area contributed by atoms with Gasteiger partial charge in [0.15, 0.2) is 0 Å². The fraction of sp³-hybridized carbons (Fsp3) is 0.0526. The Morgan fingerprint density at radius 3 is 2.50 bits per heavy atom. The molecule has 26 heavy (non-hydrogen) atoms. The topological polar surface area (TPSA) is 84.0 Å². The SMILES string of the molecule is O=C(NCc1ccncc1)c1ccnc(C(=O)Nc2ccccc2Cl)c1. The van der Waals surface area contributed by atoms with Crippen LogP contribution >= 0.6 is 11.6 Å². The monoisotopic (exact) mass is 366 g/mol. The number of carbonyl (C=O) groups excluding carboxylic acids is 2. The molecule has 2 N–H and O–H groups in total. The van der Waals surface area contributed by atoms with Crippen molar-refractivity contribution in [3.63, 3.8) is 0 Å². The number of benzene rings is 1. The quantitative estimate of drug-likeness (QED) is 0.725. The zero-order valence-electron chi connectivity index (χ0n) is 13.6. The van der Waals surface area contributed by atoms with Gasteiger partial charge in [-0.3, -0.25) is 19.6 Å². The maximum absolute atomic E-state index is 12.3. The van der Waals surface area contributed by atoms with Crippen LogP contribution in [-0.2, 0) is 6.54 Å². The number of carbonyl (C=O) groups is 2. The molecule has 6 nitrogen and oxygen atoms in total. The van der Waals surface area contributed by atoms with E-state index in [1.54, 1.807) is 42.7 Å². The molecular weight excluding hydrogens is 352 g/mol. The molecule has 3 aromatic rings. The van der Waals surface area contributed by atoms with E-state index in [-0.39, 0.29) is 11.6 Å². The maximum Gasteiger partial charge on any atom is 0.274 e. The van der Waals surface area contributed by atoms with Crippen LogP contribution in [0.3, 0.4) is 0 Å². The normalized spacial score (nSPS) is 10.2. The zero-order chi connectivity index (χ0) is 18.4. The molecule has 0 bridgehead atoms. The predicted octanol–water partition coefficient (Wildman–Crippen LogP) is 3.31. The van der Waals surface area contributed by atoms with Crippen molar-refractivity contribution in [3.8, 4) is 0 Å². The van der Waals surface area contributed by atoms with Gasteiger partial charge in [0.05, 0.1) is 10.7 Å². The Morgan fingerprint density at radius 1 is 0.962 bits per heavy atom. The summed E-state index contributed by atoms with van der Waals surface area (Å²) in [4.78, 5) is 32.6. The lowest BCUT2D eigenvalue weighted by Gasteiger charge is -2.08. The fourth-order valence-corrected chi connectivity index (χ4v) is 2.41. The molecule has 2 amide bonds. The van der Waals surface area contributed by atoms with Gasteiger partial charge in [0.2, 0.25) is 0 Å². The Hall–Kier alpha value is -3.25. The number of aromatic nitrogens is 2. The third kappa shape index (κ3) is 4.43. The number of nitrogens with zero attached hydrogens (tertiary/aromatic N) is 2. The highest BCUT2D eigenvalue weighted by molar-refractivity contribution is 6.33. The van der Waals surface area contributed by atoms with Crippen LogP contribution in [-0.4, -0.2) is 21.8 Å². The molecule has 0 saturated carbocycles. The molecule has 0 fully saturated rings. The lowest BCUT2D eigenvalue weighted by atomic mass is 10.2. The zero-order valence-corrected chi connectivity index (χ0v) is 14.4. The summed E-state index contributed by atoms with van der Waals surface area (Å²) in [6, 6.07) is 13.5. The molecule has 0 aliphatic rings. The van der Waals surface area contributed by atoms with E-state index in [0.717, 1.165) is 5.56 Å². The van der Waals surface area contributed by atoms with Crippen LogP contribution in [0.1, 0.15) is 26.4 Å². The Morgan fingerprint density at radius 2 is 1.73 bits per heavy atom. The molecule has 0 radical (unpaired) electrons. The molecule has 0 aliphatic heterocycles. The van der Waals surface area contributed by atoms with Crippen molar-refractivity contribution in [2.45, 2.75) is 6.54 Å². The number of pyridine rings is 2. The van der Waals surface area contributed by atoms with Crippen molar-refractivity contribution in [2.24, 2.45) is 0 Å². The summed E-state index contributed by atoms with van der Waals surface area (Å²) in [5, 5.41) is 5.89. The lowest BCUT2D eigenvalue weighted by molar-refractivity contribution is 0.0950. The second kappa shape index (κ2) is 8.22. The number of nitrogens with one attached hydrogen (secondary N) is 2. The molecule has 0 saturated heterocycles. The van der Waals surface area contributed by atoms with Crippen LogP contribution in [0.4, 0.5) is 5.69 Å². The summed E-state index contributed by atoms with van der Waals surface area (Å²) in [6.07, 6.45) is 4.74. The van der Waals surface area contributed by atoms with E-state index in [1.165, 1.54) is 12.3 Å². The maximum atomic E-state index is 12.3. The minimum absolute atomic E-state index is 0.126. The lowest BCUT2D eigenvalue weighted by Crippen LogP contribution is -2.23. The molecule has 2 aromatic heterocycles. The molecule has 130 valence electrons. The van der Waals surface area contributed by atoms with Crippen LogP contribution in [0, 0.1) is 0 Å². The van der Waals surface area contributed by atoms with Crippen molar-refractivity contribution in [2.75, 3.05) is 5.32 Å². The van der Waals surface area contributed by atoms with Crippen molar-refractivity contribution >= 4 is 29.1 Å². The number of anilines is 1. The van der Waals surface area contributed by atoms with Gasteiger partial charge < -0.3 is 10.6 Å². The third-order valence-electron chi connectivity index (χ3n) is 3.58. The molecule has 1 aromatic carbocycles. The Kier molecular flexibility index (Phi) is 5.56. The summed E-state index contributed by atoms with van der Waals surface area (Å²) >= 11 is 6.03. The highest BCUT2D eigenvalue weighted by Gasteiger charge is 2.13. The van der Waals surface area contributed by atoms with Gasteiger partial charge in [-0.2, -0.15) is 0 Å². The van der Waals surface area contributed by atoms with Crippen LogP contribution in [0.5, 0.6) is 0 Å². The number of halogens is 1. The number of para-hydroxylation sites is 1. The minimum atomic E-state index is -0.443. The Bertz CT molecular complexity index is 932. The largest absolute Gasteiger partial charge is 0.348 e. The number of hydrogen-bond donors (Lipinski definition) is 2. The molecule has 0 unspecified atom stereocenters. The van der Waals surface area contributed by atoms with Crippen LogP contribution < -0.4 is 10.6 Å². The molecule has 7 heteroatoms. The molecule has 0 atom stereocenters. The summed E-state index contributed by atoms with van der Waals surface area (Å²) in [5.41, 5.74) is 1.88. The van der Waals surface area contributed by atoms with Gasteiger partial charge in [-0.1, -0.05) is 23.7 Å². The summed E-state index contributed by atoms with van der Waals surface area (Å²) in [5.74, 6) is -0.738. The summed E-state index contributed by atoms with van der Waals surface area (Å²) in [6.45, 7) is 0.366. The van der Waals surface area contributed by atoms with Crippen molar-refractivity contribution in [1.29, 1.82) is 0 Å². The van der Waals surface area contributed by atoms with E-state index < -0.39 is 5.91 Å². The van der Waals surface area contributed by atoms with E-state index >= 15 is 0 Å².